The lowest BCUT2D eigenvalue weighted by molar-refractivity contribution is 0.0593. The number of ether oxygens (including phenoxy) is 2. The van der Waals surface area contributed by atoms with Crippen LogP contribution >= 0.6 is 0 Å². The van der Waals surface area contributed by atoms with Gasteiger partial charge < -0.3 is 19.8 Å². The van der Waals surface area contributed by atoms with Crippen molar-refractivity contribution in [3.63, 3.8) is 0 Å². The van der Waals surface area contributed by atoms with Crippen LogP contribution in [0.5, 0.6) is 0 Å². The number of carbonyl (C=O) groups is 2. The van der Waals surface area contributed by atoms with Crippen LogP contribution in [0.2, 0.25) is 0 Å². The highest BCUT2D eigenvalue weighted by Gasteiger charge is 2.21. The number of esters is 1. The molecule has 0 aliphatic carbocycles. The number of nitrogens with zero attached hydrogens (tertiary/aromatic N) is 2. The Morgan fingerprint density at radius 3 is 2.39 bits per heavy atom. The maximum Gasteiger partial charge on any atom is 0.411 e. The van der Waals surface area contributed by atoms with E-state index in [-0.39, 0.29) is 16.9 Å². The molecule has 0 aliphatic heterocycles. The second-order valence-electron chi connectivity index (χ2n) is 4.44. The first kappa shape index (κ1) is 15.9. The number of nitriles is 1. The fraction of sp³-hybridized carbons (Fsp3) is 0.133. The monoisotopic (exact) mass is 314 g/mol. The van der Waals surface area contributed by atoms with Crippen molar-refractivity contribution in [3.05, 3.63) is 41.7 Å². The molecular formula is C15H14N4O4. The molecule has 1 aromatic carbocycles. The number of nitrogen functional groups attached to an aromatic ring is 1. The second kappa shape index (κ2) is 6.53. The Morgan fingerprint density at radius 1 is 1.22 bits per heavy atom. The van der Waals surface area contributed by atoms with E-state index in [9.17, 15) is 9.59 Å². The third-order valence-electron chi connectivity index (χ3n) is 3.12. The molecule has 118 valence electrons. The number of carbonyl (C=O) groups excluding carboxylic acids is 2. The third kappa shape index (κ3) is 3.08. The lowest BCUT2D eigenvalue weighted by atomic mass is 10.2. The number of nitrogens with one attached hydrogen (secondary N) is 1. The molecule has 0 saturated carbocycles. The molecule has 0 saturated heterocycles. The van der Waals surface area contributed by atoms with Crippen molar-refractivity contribution in [2.45, 2.75) is 0 Å². The van der Waals surface area contributed by atoms with Crippen LogP contribution in [-0.4, -0.2) is 30.8 Å². The number of benzene rings is 1. The van der Waals surface area contributed by atoms with Crippen LogP contribution in [0.25, 0.3) is 5.69 Å². The summed E-state index contributed by atoms with van der Waals surface area (Å²) in [7, 11) is 2.49. The minimum Gasteiger partial charge on any atom is -0.464 e. The molecule has 23 heavy (non-hydrogen) atoms. The SMILES string of the molecule is COC(=O)Nc1ccc(-n2cc(C#N)c(N)c2C(=O)OC)cc1. The van der Waals surface area contributed by atoms with E-state index in [1.165, 1.54) is 25.0 Å². The topological polar surface area (TPSA) is 119 Å². The lowest BCUT2D eigenvalue weighted by Gasteiger charge is -2.09. The van der Waals surface area contributed by atoms with Crippen LogP contribution < -0.4 is 11.1 Å². The summed E-state index contributed by atoms with van der Waals surface area (Å²) in [5, 5.41) is 11.6. The van der Waals surface area contributed by atoms with Crippen molar-refractivity contribution in [1.29, 1.82) is 5.26 Å². The van der Waals surface area contributed by atoms with Crippen LogP contribution in [0.3, 0.4) is 0 Å². The second-order valence-corrected chi connectivity index (χ2v) is 4.44. The Hall–Kier alpha value is -3.47. The summed E-state index contributed by atoms with van der Waals surface area (Å²) in [6.07, 6.45) is 0.856. The molecule has 0 unspecified atom stereocenters. The summed E-state index contributed by atoms with van der Waals surface area (Å²) in [5.74, 6) is -0.652. The molecule has 0 radical (unpaired) electrons. The summed E-state index contributed by atoms with van der Waals surface area (Å²) in [5.41, 5.74) is 7.21. The summed E-state index contributed by atoms with van der Waals surface area (Å²) in [6, 6.07) is 8.47. The zero-order chi connectivity index (χ0) is 17.0. The Morgan fingerprint density at radius 2 is 1.87 bits per heavy atom. The van der Waals surface area contributed by atoms with Crippen LogP contribution in [-0.2, 0) is 9.47 Å². The van der Waals surface area contributed by atoms with Gasteiger partial charge in [-0.15, -0.1) is 0 Å². The number of hydrogen-bond acceptors (Lipinski definition) is 6. The van der Waals surface area contributed by atoms with Gasteiger partial charge in [0.25, 0.3) is 0 Å². The Kier molecular flexibility index (Phi) is 4.52. The number of rotatable bonds is 3. The van der Waals surface area contributed by atoms with Crippen molar-refractivity contribution < 1.29 is 19.1 Å². The van der Waals surface area contributed by atoms with Crippen LogP contribution in [0.1, 0.15) is 16.1 Å². The molecule has 0 aliphatic rings. The number of nitrogens with two attached hydrogens (primary N) is 1. The van der Waals surface area contributed by atoms with E-state index in [0.29, 0.717) is 11.4 Å². The van der Waals surface area contributed by atoms with Crippen molar-refractivity contribution in [2.24, 2.45) is 0 Å². The predicted octanol–water partition coefficient (Wildman–Crippen LogP) is 1.90. The van der Waals surface area contributed by atoms with E-state index in [4.69, 9.17) is 15.7 Å². The van der Waals surface area contributed by atoms with E-state index in [2.05, 4.69) is 10.1 Å². The predicted molar refractivity (Wildman–Crippen MR) is 82.3 cm³/mol. The number of aromatic nitrogens is 1. The maximum absolute atomic E-state index is 11.9. The number of anilines is 2. The number of amides is 1. The summed E-state index contributed by atoms with van der Waals surface area (Å²) in [6.45, 7) is 0. The molecular weight excluding hydrogens is 300 g/mol. The third-order valence-corrected chi connectivity index (χ3v) is 3.12. The molecule has 0 fully saturated rings. The molecule has 8 heteroatoms. The Bertz CT molecular complexity index is 787. The van der Waals surface area contributed by atoms with Gasteiger partial charge in [-0.1, -0.05) is 0 Å². The van der Waals surface area contributed by atoms with E-state index in [1.54, 1.807) is 24.3 Å². The molecule has 0 bridgehead atoms. The number of methoxy groups -OCH3 is 2. The van der Waals surface area contributed by atoms with Crippen molar-refractivity contribution in [3.8, 4) is 11.8 Å². The van der Waals surface area contributed by atoms with Gasteiger partial charge >= 0.3 is 12.1 Å². The minimum absolute atomic E-state index is 0.0520. The van der Waals surface area contributed by atoms with Gasteiger partial charge in [0.1, 0.15) is 6.07 Å². The highest BCUT2D eigenvalue weighted by atomic mass is 16.5. The van der Waals surface area contributed by atoms with Gasteiger partial charge in [0.15, 0.2) is 5.69 Å². The Balaban J connectivity index is 2.44. The molecule has 1 heterocycles. The molecule has 2 rings (SSSR count). The highest BCUT2D eigenvalue weighted by molar-refractivity contribution is 5.96. The fourth-order valence-corrected chi connectivity index (χ4v) is 1.99. The first-order valence-corrected chi connectivity index (χ1v) is 6.46. The standard InChI is InChI=1S/C15H14N4O4/c1-22-14(20)13-12(17)9(7-16)8-19(13)11-5-3-10(4-6-11)18-15(21)23-2/h3-6,8H,17H2,1-2H3,(H,18,21). The van der Waals surface area contributed by atoms with Gasteiger partial charge in [-0.3, -0.25) is 5.32 Å². The first-order valence-electron chi connectivity index (χ1n) is 6.46. The first-order chi connectivity index (χ1) is 11.0. The van der Waals surface area contributed by atoms with Crippen LogP contribution in [0.15, 0.2) is 30.5 Å². The summed E-state index contributed by atoms with van der Waals surface area (Å²) < 4.78 is 10.7. The Labute approximate surface area is 132 Å². The van der Waals surface area contributed by atoms with Crippen LogP contribution in [0.4, 0.5) is 16.2 Å². The summed E-state index contributed by atoms with van der Waals surface area (Å²) in [4.78, 5) is 23.1. The van der Waals surface area contributed by atoms with Gasteiger partial charge in [0.05, 0.1) is 25.5 Å². The van der Waals surface area contributed by atoms with Crippen molar-refractivity contribution in [2.75, 3.05) is 25.3 Å². The van der Waals surface area contributed by atoms with Crippen LogP contribution in [0, 0.1) is 11.3 Å². The maximum atomic E-state index is 11.9. The molecule has 0 spiro atoms. The van der Waals surface area contributed by atoms with Gasteiger partial charge in [0.2, 0.25) is 0 Å². The highest BCUT2D eigenvalue weighted by Crippen LogP contribution is 2.25. The average molecular weight is 314 g/mol. The van der Waals surface area contributed by atoms with Gasteiger partial charge in [-0.2, -0.15) is 5.26 Å². The van der Waals surface area contributed by atoms with E-state index < -0.39 is 12.1 Å². The van der Waals surface area contributed by atoms with Crippen molar-refractivity contribution in [1.82, 2.24) is 4.57 Å². The summed E-state index contributed by atoms with van der Waals surface area (Å²) >= 11 is 0. The van der Waals surface area contributed by atoms with E-state index in [0.717, 1.165) is 0 Å². The van der Waals surface area contributed by atoms with Gasteiger partial charge in [-0.25, -0.2) is 9.59 Å². The zero-order valence-electron chi connectivity index (χ0n) is 12.5. The largest absolute Gasteiger partial charge is 0.464 e. The average Bonchev–Trinajstić information content (AvgIpc) is 2.91. The molecule has 8 nitrogen and oxygen atoms in total. The molecule has 3 N–H and O–H groups in total. The van der Waals surface area contributed by atoms with Gasteiger partial charge in [0, 0.05) is 17.6 Å². The van der Waals surface area contributed by atoms with E-state index in [1.807, 2.05) is 6.07 Å². The quantitative estimate of drug-likeness (QED) is 0.835. The molecule has 2 aromatic rings. The normalized spacial score (nSPS) is 9.78. The molecule has 0 atom stereocenters. The fourth-order valence-electron chi connectivity index (χ4n) is 1.99. The number of hydrogen-bond donors (Lipinski definition) is 2. The molecule has 1 aromatic heterocycles. The minimum atomic E-state index is -0.652. The van der Waals surface area contributed by atoms with Gasteiger partial charge in [-0.05, 0) is 24.3 Å². The van der Waals surface area contributed by atoms with Crippen molar-refractivity contribution >= 4 is 23.4 Å². The lowest BCUT2D eigenvalue weighted by Crippen LogP contribution is -2.12. The zero-order valence-corrected chi connectivity index (χ0v) is 12.5. The van der Waals surface area contributed by atoms with E-state index >= 15 is 0 Å². The smallest absolute Gasteiger partial charge is 0.411 e. The molecule has 1 amide bonds.